The topological polar surface area (TPSA) is 118 Å². The van der Waals surface area contributed by atoms with E-state index in [1.54, 1.807) is 42.6 Å². The molecule has 2 rings (SSSR count). The lowest BCUT2D eigenvalue weighted by Crippen LogP contribution is -2.45. The van der Waals surface area contributed by atoms with Crippen LogP contribution in [-0.2, 0) is 14.4 Å². The number of rotatable bonds is 12. The molecular formula is C23H31F3N6O3S. The van der Waals surface area contributed by atoms with Gasteiger partial charge < -0.3 is 20.9 Å². The van der Waals surface area contributed by atoms with Crippen LogP contribution in [0.25, 0.3) is 0 Å². The third kappa shape index (κ3) is 8.30. The summed E-state index contributed by atoms with van der Waals surface area (Å²) in [5, 5.41) is 15.6. The van der Waals surface area contributed by atoms with Gasteiger partial charge in [-0.1, -0.05) is 19.9 Å². The van der Waals surface area contributed by atoms with E-state index in [9.17, 15) is 32.8 Å². The van der Waals surface area contributed by atoms with E-state index in [0.29, 0.717) is 11.4 Å². The molecular weight excluding hydrogens is 497 g/mol. The highest BCUT2D eigenvalue weighted by molar-refractivity contribution is 8.01. The van der Waals surface area contributed by atoms with Gasteiger partial charge in [0.15, 0.2) is 5.92 Å². The fourth-order valence-electron chi connectivity index (χ4n) is 3.66. The van der Waals surface area contributed by atoms with Gasteiger partial charge >= 0.3 is 6.18 Å². The van der Waals surface area contributed by atoms with Crippen molar-refractivity contribution in [3.63, 3.8) is 0 Å². The number of hydrogen-bond acceptors (Lipinski definition) is 7. The van der Waals surface area contributed by atoms with Crippen molar-refractivity contribution in [2.24, 2.45) is 5.92 Å². The molecule has 0 saturated carbocycles. The van der Waals surface area contributed by atoms with E-state index < -0.39 is 35.2 Å². The van der Waals surface area contributed by atoms with E-state index >= 15 is 0 Å². The summed E-state index contributed by atoms with van der Waals surface area (Å²) < 4.78 is 37.4. The normalized spacial score (nSPS) is 18.6. The van der Waals surface area contributed by atoms with Crippen molar-refractivity contribution in [2.75, 3.05) is 49.9 Å². The molecule has 0 aliphatic carbocycles. The maximum Gasteiger partial charge on any atom is 0.405 e. The Hall–Kier alpha value is -2.98. The predicted molar refractivity (Wildman–Crippen MR) is 132 cm³/mol. The van der Waals surface area contributed by atoms with Gasteiger partial charge in [0.05, 0.1) is 12.6 Å². The molecule has 0 spiro atoms. The second kappa shape index (κ2) is 13.4. The minimum Gasteiger partial charge on any atom is -0.383 e. The van der Waals surface area contributed by atoms with Crippen LogP contribution in [0, 0.1) is 17.2 Å². The van der Waals surface area contributed by atoms with Crippen LogP contribution in [0.1, 0.15) is 20.8 Å². The molecule has 1 fully saturated rings. The Kier molecular flexibility index (Phi) is 10.9. The molecule has 3 atom stereocenters. The molecule has 0 aromatic heterocycles. The standard InChI is InChI=1S/C23H31F3N6O3S/c1-4-31(5-2)13-19(33)30-16-9-7-8-15(10-16)28-12-18-21(35)32(6-3)22(36-18)17(11-27)20(34)29-14-23(24,25)26/h7-10,17-18,22,28H,4-6,12-14H2,1-3H3,(H,29,34)(H,30,33). The smallest absolute Gasteiger partial charge is 0.383 e. The summed E-state index contributed by atoms with van der Waals surface area (Å²) in [6, 6.07) is 8.73. The average molecular weight is 529 g/mol. The first-order valence-corrected chi connectivity index (χ1v) is 12.5. The van der Waals surface area contributed by atoms with Crippen molar-refractivity contribution in [2.45, 2.75) is 37.6 Å². The Labute approximate surface area is 212 Å². The van der Waals surface area contributed by atoms with Crippen LogP contribution in [0.15, 0.2) is 24.3 Å². The number of likely N-dealkylation sites (N-methyl/N-ethyl adjacent to an activating group) is 1. The van der Waals surface area contributed by atoms with Gasteiger partial charge in [-0.3, -0.25) is 19.3 Å². The number of benzene rings is 1. The zero-order valence-corrected chi connectivity index (χ0v) is 21.2. The van der Waals surface area contributed by atoms with Gasteiger partial charge in [0.2, 0.25) is 17.7 Å². The Balaban J connectivity index is 2.01. The van der Waals surface area contributed by atoms with Crippen molar-refractivity contribution in [3.05, 3.63) is 24.3 Å². The molecule has 198 valence electrons. The summed E-state index contributed by atoms with van der Waals surface area (Å²) in [6.07, 6.45) is -4.61. The molecule has 3 unspecified atom stereocenters. The summed E-state index contributed by atoms with van der Waals surface area (Å²) in [4.78, 5) is 40.7. The van der Waals surface area contributed by atoms with Crippen molar-refractivity contribution in [3.8, 4) is 6.07 Å². The zero-order valence-electron chi connectivity index (χ0n) is 20.4. The van der Waals surface area contributed by atoms with Crippen LogP contribution in [0.3, 0.4) is 0 Å². The fourth-order valence-corrected chi connectivity index (χ4v) is 5.17. The molecule has 1 aliphatic rings. The molecule has 1 aliphatic heterocycles. The molecule has 13 heteroatoms. The SMILES string of the molecule is CCN(CC)CC(=O)Nc1cccc(NCC2SC(C(C#N)C(=O)NCC(F)(F)F)N(CC)C2=O)c1. The Bertz CT molecular complexity index is 967. The molecule has 0 bridgehead atoms. The quantitative estimate of drug-likeness (QED) is 0.382. The highest BCUT2D eigenvalue weighted by Crippen LogP contribution is 2.36. The molecule has 1 saturated heterocycles. The van der Waals surface area contributed by atoms with Gasteiger partial charge in [0, 0.05) is 24.5 Å². The highest BCUT2D eigenvalue weighted by atomic mass is 32.2. The number of nitrogens with one attached hydrogen (secondary N) is 3. The summed E-state index contributed by atoms with van der Waals surface area (Å²) >= 11 is 1.07. The lowest BCUT2D eigenvalue weighted by molar-refractivity contribution is -0.141. The highest BCUT2D eigenvalue weighted by Gasteiger charge is 2.46. The van der Waals surface area contributed by atoms with Crippen LogP contribution in [0.4, 0.5) is 24.5 Å². The second-order valence-corrected chi connectivity index (χ2v) is 9.37. The lowest BCUT2D eigenvalue weighted by Gasteiger charge is -2.25. The summed E-state index contributed by atoms with van der Waals surface area (Å²) in [6.45, 7) is 6.21. The number of nitrogens with zero attached hydrogens (tertiary/aromatic N) is 3. The van der Waals surface area contributed by atoms with Crippen LogP contribution >= 0.6 is 11.8 Å². The summed E-state index contributed by atoms with van der Waals surface area (Å²) in [7, 11) is 0. The van der Waals surface area contributed by atoms with Crippen LogP contribution in [0.5, 0.6) is 0 Å². The number of thioether (sulfide) groups is 1. The average Bonchev–Trinajstić information content (AvgIpc) is 3.14. The maximum atomic E-state index is 12.9. The van der Waals surface area contributed by atoms with Crippen LogP contribution in [0.2, 0.25) is 0 Å². The second-order valence-electron chi connectivity index (χ2n) is 8.05. The third-order valence-corrected chi connectivity index (χ3v) is 7.08. The van der Waals surface area contributed by atoms with Crippen LogP contribution < -0.4 is 16.0 Å². The molecule has 3 N–H and O–H groups in total. The Morgan fingerprint density at radius 2 is 1.89 bits per heavy atom. The fraction of sp³-hybridized carbons (Fsp3) is 0.565. The number of halogens is 3. The van der Waals surface area contributed by atoms with E-state index in [-0.39, 0.29) is 31.4 Å². The summed E-state index contributed by atoms with van der Waals surface area (Å²) in [5.41, 5.74) is 1.23. The molecule has 36 heavy (non-hydrogen) atoms. The number of anilines is 2. The third-order valence-electron chi connectivity index (χ3n) is 5.58. The van der Waals surface area contributed by atoms with Gasteiger partial charge in [-0.05, 0) is 38.2 Å². The van der Waals surface area contributed by atoms with Crippen molar-refractivity contribution in [1.29, 1.82) is 5.26 Å². The zero-order chi connectivity index (χ0) is 26.9. The van der Waals surface area contributed by atoms with Gasteiger partial charge in [-0.25, -0.2) is 0 Å². The van der Waals surface area contributed by atoms with Gasteiger partial charge in [-0.15, -0.1) is 11.8 Å². The number of hydrogen-bond donors (Lipinski definition) is 3. The lowest BCUT2D eigenvalue weighted by atomic mass is 10.1. The minimum absolute atomic E-state index is 0.148. The largest absolute Gasteiger partial charge is 0.405 e. The van der Waals surface area contributed by atoms with Gasteiger partial charge in [0.1, 0.15) is 17.2 Å². The van der Waals surface area contributed by atoms with Gasteiger partial charge in [0.25, 0.3) is 0 Å². The summed E-state index contributed by atoms with van der Waals surface area (Å²) in [5.74, 6) is -2.98. The van der Waals surface area contributed by atoms with E-state index in [0.717, 1.165) is 24.9 Å². The monoisotopic (exact) mass is 528 g/mol. The number of alkyl halides is 3. The molecule has 9 nitrogen and oxygen atoms in total. The number of nitriles is 1. The van der Waals surface area contributed by atoms with Crippen LogP contribution in [-0.4, -0.2) is 83.6 Å². The maximum absolute atomic E-state index is 12.9. The Morgan fingerprint density at radius 1 is 1.22 bits per heavy atom. The number of carbonyl (C=O) groups excluding carboxylic acids is 3. The number of amides is 3. The molecule has 3 amide bonds. The Morgan fingerprint density at radius 3 is 2.47 bits per heavy atom. The first-order valence-electron chi connectivity index (χ1n) is 11.6. The predicted octanol–water partition coefficient (Wildman–Crippen LogP) is 2.49. The van der Waals surface area contributed by atoms with Crippen molar-refractivity contribution in [1.82, 2.24) is 15.1 Å². The molecule has 1 heterocycles. The van der Waals surface area contributed by atoms with Crippen molar-refractivity contribution >= 4 is 40.9 Å². The van der Waals surface area contributed by atoms with E-state index in [1.165, 1.54) is 4.90 Å². The van der Waals surface area contributed by atoms with Crippen molar-refractivity contribution < 1.29 is 27.6 Å². The minimum atomic E-state index is -4.61. The molecule has 1 aromatic rings. The first-order chi connectivity index (χ1) is 17.0. The van der Waals surface area contributed by atoms with Gasteiger partial charge in [-0.2, -0.15) is 18.4 Å². The van der Waals surface area contributed by atoms with E-state index in [4.69, 9.17) is 0 Å². The first kappa shape index (κ1) is 29.3. The number of carbonyl (C=O) groups is 3. The molecule has 0 radical (unpaired) electrons. The van der Waals surface area contributed by atoms with E-state index in [2.05, 4.69) is 10.6 Å². The van der Waals surface area contributed by atoms with E-state index in [1.807, 2.05) is 18.7 Å². The molecule has 1 aromatic carbocycles.